The number of rotatable bonds is 7. The summed E-state index contributed by atoms with van der Waals surface area (Å²) in [5.41, 5.74) is -0.168. The Hall–Kier alpha value is -3.92. The van der Waals surface area contributed by atoms with Crippen molar-refractivity contribution in [1.82, 2.24) is 4.57 Å². The van der Waals surface area contributed by atoms with Crippen molar-refractivity contribution in [1.29, 1.82) is 5.26 Å². The zero-order valence-corrected chi connectivity index (χ0v) is 18.1. The Morgan fingerprint density at radius 1 is 1.16 bits per heavy atom. The van der Waals surface area contributed by atoms with E-state index in [0.717, 1.165) is 4.57 Å². The molecule has 1 N–H and O–H groups in total. The molecule has 7 heteroatoms. The van der Waals surface area contributed by atoms with Crippen molar-refractivity contribution in [2.45, 2.75) is 27.3 Å². The third-order valence-corrected chi connectivity index (χ3v) is 4.98. The van der Waals surface area contributed by atoms with E-state index in [-0.39, 0.29) is 28.8 Å². The summed E-state index contributed by atoms with van der Waals surface area (Å²) in [6, 6.07) is 13.7. The summed E-state index contributed by atoms with van der Waals surface area (Å²) in [5.74, 6) is -0.554. The second-order valence-corrected chi connectivity index (χ2v) is 7.89. The fraction of sp³-hybridized carbons (Fsp3) is 0.240. The van der Waals surface area contributed by atoms with Gasteiger partial charge >= 0.3 is 0 Å². The molecule has 164 valence electrons. The Labute approximate surface area is 185 Å². The smallest absolute Gasteiger partial charge is 0.271 e. The fourth-order valence-electron chi connectivity index (χ4n) is 3.25. The second-order valence-electron chi connectivity index (χ2n) is 7.89. The number of halogens is 1. The van der Waals surface area contributed by atoms with Crippen LogP contribution in [0.1, 0.15) is 46.5 Å². The van der Waals surface area contributed by atoms with Crippen LogP contribution in [0.15, 0.2) is 53.3 Å². The van der Waals surface area contributed by atoms with Crippen LogP contribution in [0.4, 0.5) is 4.39 Å². The minimum atomic E-state index is -0.721. The number of nitrogens with zero attached hydrogens (tertiary/aromatic N) is 2. The molecule has 32 heavy (non-hydrogen) atoms. The molecule has 3 rings (SSSR count). The number of hydrogen-bond donors (Lipinski definition) is 1. The Kier molecular flexibility index (Phi) is 6.74. The lowest BCUT2D eigenvalue weighted by Gasteiger charge is -2.16. The highest BCUT2D eigenvalue weighted by atomic mass is 19.1. The summed E-state index contributed by atoms with van der Waals surface area (Å²) in [6.07, 6.45) is 0. The van der Waals surface area contributed by atoms with Crippen LogP contribution in [-0.4, -0.2) is 22.1 Å². The second kappa shape index (κ2) is 9.48. The fourth-order valence-corrected chi connectivity index (χ4v) is 3.25. The van der Waals surface area contributed by atoms with E-state index in [0.29, 0.717) is 23.8 Å². The number of pyridine rings is 1. The Bertz CT molecular complexity index is 1240. The lowest BCUT2D eigenvalue weighted by molar-refractivity contribution is 0.103. The van der Waals surface area contributed by atoms with Gasteiger partial charge in [0.2, 0.25) is 5.88 Å². The van der Waals surface area contributed by atoms with Crippen molar-refractivity contribution in [2.75, 3.05) is 6.61 Å². The first-order chi connectivity index (χ1) is 15.2. The number of carbonyl (C=O) groups is 1. The largest absolute Gasteiger partial charge is 0.494 e. The van der Waals surface area contributed by atoms with Gasteiger partial charge in [-0.05, 0) is 60.4 Å². The molecule has 0 spiro atoms. The number of ether oxygens (including phenoxy) is 1. The van der Waals surface area contributed by atoms with Gasteiger partial charge in [-0.25, -0.2) is 4.39 Å². The topological polar surface area (TPSA) is 92.3 Å². The molecule has 0 unspecified atom stereocenters. The highest BCUT2D eigenvalue weighted by Crippen LogP contribution is 2.26. The van der Waals surface area contributed by atoms with Gasteiger partial charge in [0.05, 0.1) is 18.7 Å². The van der Waals surface area contributed by atoms with Crippen molar-refractivity contribution in [3.05, 3.63) is 92.5 Å². The molecule has 0 radical (unpaired) electrons. The summed E-state index contributed by atoms with van der Waals surface area (Å²) < 4.78 is 19.8. The zero-order valence-electron chi connectivity index (χ0n) is 18.1. The van der Waals surface area contributed by atoms with Gasteiger partial charge in [-0.3, -0.25) is 14.2 Å². The normalized spacial score (nSPS) is 10.8. The maximum Gasteiger partial charge on any atom is 0.271 e. The molecular weight excluding hydrogens is 411 g/mol. The predicted octanol–water partition coefficient (Wildman–Crippen LogP) is 4.19. The van der Waals surface area contributed by atoms with Crippen LogP contribution in [0.2, 0.25) is 0 Å². The highest BCUT2D eigenvalue weighted by molar-refractivity contribution is 6.11. The van der Waals surface area contributed by atoms with Crippen LogP contribution in [-0.2, 0) is 6.54 Å². The lowest BCUT2D eigenvalue weighted by atomic mass is 9.97. The molecule has 0 aliphatic carbocycles. The average Bonchev–Trinajstić information content (AvgIpc) is 2.77. The summed E-state index contributed by atoms with van der Waals surface area (Å²) >= 11 is 0. The molecule has 0 atom stereocenters. The van der Waals surface area contributed by atoms with Gasteiger partial charge in [0.15, 0.2) is 5.78 Å². The molecule has 2 aromatic carbocycles. The molecule has 0 fully saturated rings. The van der Waals surface area contributed by atoms with E-state index in [1.807, 2.05) is 19.9 Å². The van der Waals surface area contributed by atoms with Crippen molar-refractivity contribution >= 4 is 5.78 Å². The zero-order chi connectivity index (χ0) is 23.4. The van der Waals surface area contributed by atoms with Crippen LogP contribution in [0.25, 0.3) is 0 Å². The van der Waals surface area contributed by atoms with Crippen LogP contribution < -0.4 is 10.3 Å². The maximum atomic E-state index is 13.2. The highest BCUT2D eigenvalue weighted by Gasteiger charge is 2.25. The third kappa shape index (κ3) is 4.70. The van der Waals surface area contributed by atoms with Crippen molar-refractivity contribution in [2.24, 2.45) is 5.92 Å². The number of carbonyl (C=O) groups excluding carboxylic acids is 1. The summed E-state index contributed by atoms with van der Waals surface area (Å²) in [7, 11) is 0. The molecule has 6 nitrogen and oxygen atoms in total. The Morgan fingerprint density at radius 2 is 1.78 bits per heavy atom. The summed E-state index contributed by atoms with van der Waals surface area (Å²) in [6.45, 7) is 5.92. The molecule has 1 heterocycles. The number of aromatic nitrogens is 1. The van der Waals surface area contributed by atoms with Crippen LogP contribution in [0.3, 0.4) is 0 Å². The predicted molar refractivity (Wildman–Crippen MR) is 118 cm³/mol. The maximum absolute atomic E-state index is 13.2. The molecular formula is C25H23FN2O4. The Balaban J connectivity index is 2.03. The third-order valence-electron chi connectivity index (χ3n) is 4.98. The molecule has 0 saturated heterocycles. The van der Waals surface area contributed by atoms with Gasteiger partial charge in [-0.1, -0.05) is 26.0 Å². The van der Waals surface area contributed by atoms with Gasteiger partial charge in [0, 0.05) is 5.56 Å². The Morgan fingerprint density at radius 3 is 2.34 bits per heavy atom. The van der Waals surface area contributed by atoms with E-state index in [4.69, 9.17) is 4.74 Å². The summed E-state index contributed by atoms with van der Waals surface area (Å²) in [4.78, 5) is 26.0. The molecule has 1 aromatic heterocycles. The van der Waals surface area contributed by atoms with Crippen LogP contribution in [0.5, 0.6) is 11.6 Å². The molecule has 0 bridgehead atoms. The van der Waals surface area contributed by atoms with Crippen LogP contribution >= 0.6 is 0 Å². The standard InChI is InChI=1S/C25H23FN2O4/c1-15(2)14-32-20-10-6-18(7-11-20)23(29)22-16(3)21(12-27)24(30)28(25(22)31)13-17-4-8-19(26)9-5-17/h4-11,15,31H,13-14H2,1-3H3. The lowest BCUT2D eigenvalue weighted by Crippen LogP contribution is -2.27. The van der Waals surface area contributed by atoms with E-state index in [1.54, 1.807) is 24.3 Å². The van der Waals surface area contributed by atoms with Gasteiger partial charge < -0.3 is 9.84 Å². The first-order valence-electron chi connectivity index (χ1n) is 10.1. The monoisotopic (exact) mass is 434 g/mol. The molecule has 0 saturated carbocycles. The number of benzene rings is 2. The van der Waals surface area contributed by atoms with Crippen molar-refractivity contribution < 1.29 is 19.0 Å². The van der Waals surface area contributed by atoms with E-state index in [9.17, 15) is 24.3 Å². The van der Waals surface area contributed by atoms with E-state index in [2.05, 4.69) is 0 Å². The van der Waals surface area contributed by atoms with E-state index >= 15 is 0 Å². The molecule has 0 aliphatic heterocycles. The van der Waals surface area contributed by atoms with E-state index < -0.39 is 23.0 Å². The van der Waals surface area contributed by atoms with Gasteiger partial charge in [-0.2, -0.15) is 5.26 Å². The van der Waals surface area contributed by atoms with Gasteiger partial charge in [0.1, 0.15) is 23.2 Å². The summed E-state index contributed by atoms with van der Waals surface area (Å²) in [5, 5.41) is 20.4. The molecule has 3 aromatic rings. The SMILES string of the molecule is Cc1c(C(=O)c2ccc(OCC(C)C)cc2)c(O)n(Cc2ccc(F)cc2)c(=O)c1C#N. The van der Waals surface area contributed by atoms with Gasteiger partial charge in [-0.15, -0.1) is 0 Å². The van der Waals surface area contributed by atoms with Crippen molar-refractivity contribution in [3.8, 4) is 17.7 Å². The number of ketones is 1. The average molecular weight is 434 g/mol. The van der Waals surface area contributed by atoms with Crippen LogP contribution in [0, 0.1) is 30.0 Å². The minimum Gasteiger partial charge on any atom is -0.494 e. The number of hydrogen-bond acceptors (Lipinski definition) is 5. The quantitative estimate of drug-likeness (QED) is 0.563. The number of aromatic hydroxyl groups is 1. The first kappa shape index (κ1) is 22.8. The molecule has 0 aliphatic rings. The minimum absolute atomic E-state index is 0.107. The van der Waals surface area contributed by atoms with Crippen molar-refractivity contribution in [3.63, 3.8) is 0 Å². The van der Waals surface area contributed by atoms with Gasteiger partial charge in [0.25, 0.3) is 5.56 Å². The number of nitriles is 1. The first-order valence-corrected chi connectivity index (χ1v) is 10.1. The van der Waals surface area contributed by atoms with E-state index in [1.165, 1.54) is 31.2 Å². The molecule has 0 amide bonds.